The Morgan fingerprint density at radius 1 is 1.35 bits per heavy atom. The van der Waals surface area contributed by atoms with E-state index in [4.69, 9.17) is 5.26 Å². The highest BCUT2D eigenvalue weighted by Gasteiger charge is 2.08. The number of nitriles is 1. The third-order valence-corrected chi connectivity index (χ3v) is 3.51. The molecule has 110 valence electrons. The number of halogens is 1. The van der Waals surface area contributed by atoms with E-state index < -0.39 is 0 Å². The minimum absolute atomic E-state index is 0.267. The minimum Gasteiger partial charge on any atom is -0.382 e. The van der Waals surface area contributed by atoms with Crippen LogP contribution in [0.25, 0.3) is 0 Å². The normalized spacial score (nSPS) is 12.2. The van der Waals surface area contributed by atoms with Crippen LogP contribution in [0.4, 0.5) is 10.1 Å². The van der Waals surface area contributed by atoms with Crippen LogP contribution >= 0.6 is 0 Å². The summed E-state index contributed by atoms with van der Waals surface area (Å²) < 4.78 is 13.1. The molecule has 1 unspecified atom stereocenters. The highest BCUT2D eigenvalue weighted by atomic mass is 19.1. The zero-order valence-corrected chi connectivity index (χ0v) is 12.6. The van der Waals surface area contributed by atoms with Crippen molar-refractivity contribution in [2.45, 2.75) is 39.7 Å². The molecule has 0 spiro atoms. The fourth-order valence-corrected chi connectivity index (χ4v) is 2.23. The molecule has 0 bridgehead atoms. The van der Waals surface area contributed by atoms with Crippen molar-refractivity contribution in [3.63, 3.8) is 0 Å². The third-order valence-electron chi connectivity index (χ3n) is 3.51. The van der Waals surface area contributed by atoms with Gasteiger partial charge in [-0.2, -0.15) is 5.26 Å². The first-order valence-corrected chi connectivity index (χ1v) is 7.29. The highest BCUT2D eigenvalue weighted by Crippen LogP contribution is 2.18. The number of anilines is 1. The van der Waals surface area contributed by atoms with Crippen molar-refractivity contribution in [1.82, 2.24) is 4.90 Å². The Morgan fingerprint density at radius 2 is 2.05 bits per heavy atom. The van der Waals surface area contributed by atoms with E-state index in [0.29, 0.717) is 11.3 Å². The molecule has 0 aromatic heterocycles. The van der Waals surface area contributed by atoms with Gasteiger partial charge in [-0.1, -0.05) is 13.8 Å². The monoisotopic (exact) mass is 277 g/mol. The van der Waals surface area contributed by atoms with Crippen LogP contribution in [0.3, 0.4) is 0 Å². The highest BCUT2D eigenvalue weighted by molar-refractivity contribution is 5.57. The molecule has 1 atom stereocenters. The number of nitrogens with zero attached hydrogens (tertiary/aromatic N) is 2. The van der Waals surface area contributed by atoms with Gasteiger partial charge >= 0.3 is 0 Å². The van der Waals surface area contributed by atoms with Gasteiger partial charge in [0, 0.05) is 6.04 Å². The molecular formula is C16H24FN3. The fourth-order valence-electron chi connectivity index (χ4n) is 2.23. The second-order valence-electron chi connectivity index (χ2n) is 5.02. The molecular weight excluding hydrogens is 253 g/mol. The zero-order chi connectivity index (χ0) is 15.0. The molecule has 1 rings (SSSR count). The van der Waals surface area contributed by atoms with Gasteiger partial charge in [0.15, 0.2) is 0 Å². The first kappa shape index (κ1) is 16.5. The van der Waals surface area contributed by atoms with Gasteiger partial charge in [0.25, 0.3) is 0 Å². The summed E-state index contributed by atoms with van der Waals surface area (Å²) in [5, 5.41) is 12.3. The maximum atomic E-state index is 13.1. The first-order valence-electron chi connectivity index (χ1n) is 7.29. The predicted octanol–water partition coefficient (Wildman–Crippen LogP) is 3.62. The minimum atomic E-state index is -0.374. The van der Waals surface area contributed by atoms with Crippen molar-refractivity contribution >= 4 is 5.69 Å². The van der Waals surface area contributed by atoms with Crippen molar-refractivity contribution in [3.05, 3.63) is 29.6 Å². The predicted molar refractivity (Wildman–Crippen MR) is 81.2 cm³/mol. The second-order valence-corrected chi connectivity index (χ2v) is 5.02. The molecule has 3 nitrogen and oxygen atoms in total. The van der Waals surface area contributed by atoms with Gasteiger partial charge in [0.1, 0.15) is 11.9 Å². The molecule has 0 heterocycles. The molecule has 0 fully saturated rings. The Morgan fingerprint density at radius 3 is 2.65 bits per heavy atom. The first-order chi connectivity index (χ1) is 9.60. The van der Waals surface area contributed by atoms with Crippen molar-refractivity contribution in [1.29, 1.82) is 5.26 Å². The lowest BCUT2D eigenvalue weighted by molar-refractivity contribution is 0.295. The second kappa shape index (κ2) is 8.55. The maximum absolute atomic E-state index is 13.1. The summed E-state index contributed by atoms with van der Waals surface area (Å²) in [7, 11) is 0. The van der Waals surface area contributed by atoms with Crippen LogP contribution in [-0.4, -0.2) is 30.6 Å². The number of hydrogen-bond donors (Lipinski definition) is 1. The van der Waals surface area contributed by atoms with Gasteiger partial charge in [0.05, 0.1) is 11.3 Å². The van der Waals surface area contributed by atoms with E-state index in [2.05, 4.69) is 31.0 Å². The quantitative estimate of drug-likeness (QED) is 0.789. The van der Waals surface area contributed by atoms with Crippen LogP contribution in [0, 0.1) is 17.1 Å². The van der Waals surface area contributed by atoms with Crippen LogP contribution in [0.15, 0.2) is 18.2 Å². The molecule has 0 radical (unpaired) electrons. The Balaban J connectivity index is 2.47. The molecule has 1 N–H and O–H groups in total. The Bertz CT molecular complexity index is 450. The average Bonchev–Trinajstić information content (AvgIpc) is 2.45. The van der Waals surface area contributed by atoms with Crippen LogP contribution in [0.2, 0.25) is 0 Å². The fraction of sp³-hybridized carbons (Fsp3) is 0.562. The average molecular weight is 277 g/mol. The Hall–Kier alpha value is -1.60. The van der Waals surface area contributed by atoms with E-state index in [0.717, 1.165) is 32.5 Å². The molecule has 0 saturated carbocycles. The van der Waals surface area contributed by atoms with Gasteiger partial charge in [-0.05, 0) is 57.6 Å². The van der Waals surface area contributed by atoms with Gasteiger partial charge in [-0.15, -0.1) is 0 Å². The third kappa shape index (κ3) is 5.18. The molecule has 20 heavy (non-hydrogen) atoms. The van der Waals surface area contributed by atoms with Gasteiger partial charge < -0.3 is 10.2 Å². The van der Waals surface area contributed by atoms with Gasteiger partial charge in [0.2, 0.25) is 0 Å². The van der Waals surface area contributed by atoms with Crippen molar-refractivity contribution in [2.75, 3.05) is 25.0 Å². The summed E-state index contributed by atoms with van der Waals surface area (Å²) in [5.41, 5.74) is 1.07. The van der Waals surface area contributed by atoms with E-state index >= 15 is 0 Å². The topological polar surface area (TPSA) is 39.1 Å². The van der Waals surface area contributed by atoms with Crippen molar-refractivity contribution in [3.8, 4) is 6.07 Å². The van der Waals surface area contributed by atoms with E-state index in [9.17, 15) is 4.39 Å². The standard InChI is InChI=1S/C16H24FN3/c1-4-20(5-2)10-6-7-13(3)19-16-9-8-15(17)11-14(16)12-18/h8-9,11,13,19H,4-7,10H2,1-3H3. The molecule has 1 aromatic rings. The number of rotatable bonds is 8. The number of nitrogens with one attached hydrogen (secondary N) is 1. The Kier molecular flexibility index (Phi) is 7.03. The van der Waals surface area contributed by atoms with E-state index in [1.165, 1.54) is 12.1 Å². The van der Waals surface area contributed by atoms with Crippen molar-refractivity contribution < 1.29 is 4.39 Å². The molecule has 0 aliphatic heterocycles. The number of hydrogen-bond acceptors (Lipinski definition) is 3. The lowest BCUT2D eigenvalue weighted by atomic mass is 10.1. The van der Waals surface area contributed by atoms with Gasteiger partial charge in [-0.3, -0.25) is 0 Å². The lowest BCUT2D eigenvalue weighted by Gasteiger charge is -2.20. The summed E-state index contributed by atoms with van der Waals surface area (Å²) in [6, 6.07) is 6.57. The van der Waals surface area contributed by atoms with E-state index in [1.807, 2.05) is 6.07 Å². The summed E-state index contributed by atoms with van der Waals surface area (Å²) in [6.45, 7) is 9.68. The van der Waals surface area contributed by atoms with Crippen LogP contribution in [0.5, 0.6) is 0 Å². The maximum Gasteiger partial charge on any atom is 0.124 e. The summed E-state index contributed by atoms with van der Waals surface area (Å²) in [4.78, 5) is 2.39. The summed E-state index contributed by atoms with van der Waals surface area (Å²) in [5.74, 6) is -0.374. The van der Waals surface area contributed by atoms with E-state index in [1.54, 1.807) is 6.07 Å². The largest absolute Gasteiger partial charge is 0.382 e. The number of benzene rings is 1. The van der Waals surface area contributed by atoms with Gasteiger partial charge in [-0.25, -0.2) is 4.39 Å². The summed E-state index contributed by atoms with van der Waals surface area (Å²) >= 11 is 0. The van der Waals surface area contributed by atoms with Crippen LogP contribution in [0.1, 0.15) is 39.2 Å². The zero-order valence-electron chi connectivity index (χ0n) is 12.6. The molecule has 0 aliphatic rings. The molecule has 4 heteroatoms. The summed E-state index contributed by atoms with van der Waals surface area (Å²) in [6.07, 6.45) is 2.14. The molecule has 0 amide bonds. The molecule has 0 saturated heterocycles. The molecule has 1 aromatic carbocycles. The Labute approximate surface area is 121 Å². The SMILES string of the molecule is CCN(CC)CCCC(C)Nc1ccc(F)cc1C#N. The smallest absolute Gasteiger partial charge is 0.124 e. The van der Waals surface area contributed by atoms with Crippen molar-refractivity contribution in [2.24, 2.45) is 0 Å². The van der Waals surface area contributed by atoms with E-state index in [-0.39, 0.29) is 11.9 Å². The molecule has 0 aliphatic carbocycles. The lowest BCUT2D eigenvalue weighted by Crippen LogP contribution is -2.25. The van der Waals surface area contributed by atoms with Crippen LogP contribution < -0.4 is 5.32 Å². The van der Waals surface area contributed by atoms with Crippen LogP contribution in [-0.2, 0) is 0 Å².